The van der Waals surface area contributed by atoms with Crippen LogP contribution in [0.15, 0.2) is 140 Å². The molecule has 0 saturated carbocycles. The van der Waals surface area contributed by atoms with Gasteiger partial charge in [-0.05, 0) is 52.8 Å². The molecule has 0 saturated heterocycles. The van der Waals surface area contributed by atoms with Gasteiger partial charge in [-0.1, -0.05) is 86.6 Å². The first kappa shape index (κ1) is 35.9. The van der Waals surface area contributed by atoms with E-state index in [0.29, 0.717) is 11.5 Å². The summed E-state index contributed by atoms with van der Waals surface area (Å²) in [5.74, 6) is 2.00. The number of benzene rings is 6. The Kier molecular flexibility index (Phi) is 8.26. The molecule has 0 bridgehead atoms. The van der Waals surface area contributed by atoms with Gasteiger partial charge in [-0.2, -0.15) is 18.2 Å². The Morgan fingerprint density at radius 2 is 1.33 bits per heavy atom. The normalized spacial score (nSPS) is 12.1. The quantitative estimate of drug-likeness (QED) is 0.128. The Balaban J connectivity index is 0.00000408. The molecule has 8 heteroatoms. The van der Waals surface area contributed by atoms with Crippen molar-refractivity contribution in [1.82, 2.24) is 23.3 Å². The fourth-order valence-electron chi connectivity index (χ4n) is 8.75. The zero-order valence-corrected chi connectivity index (χ0v) is 35.0. The van der Waals surface area contributed by atoms with Crippen LogP contribution in [0.5, 0.6) is 11.5 Å². The molecule has 11 aromatic rings. The molecular formula is C50H38N6OPt-2. The second-order valence-electron chi connectivity index (χ2n) is 15.9. The molecule has 6 aromatic carbocycles. The van der Waals surface area contributed by atoms with E-state index in [1.165, 1.54) is 38.1 Å². The average Bonchev–Trinajstić information content (AvgIpc) is 3.98. The van der Waals surface area contributed by atoms with Gasteiger partial charge >= 0.3 is 0 Å². The molecule has 0 aliphatic carbocycles. The molecule has 0 radical (unpaired) electrons. The fourth-order valence-corrected chi connectivity index (χ4v) is 8.75. The molecule has 5 aromatic heterocycles. The summed E-state index contributed by atoms with van der Waals surface area (Å²) in [6, 6.07) is 49.9. The van der Waals surface area contributed by atoms with Crippen LogP contribution in [0.4, 0.5) is 0 Å². The zero-order chi connectivity index (χ0) is 38.6. The summed E-state index contributed by atoms with van der Waals surface area (Å²) in [5, 5.41) is 7.03. The Hall–Kier alpha value is -6.43. The summed E-state index contributed by atoms with van der Waals surface area (Å²) in [4.78, 5) is 5.14. The number of pyridine rings is 1. The molecule has 0 fully saturated rings. The molecule has 0 atom stereocenters. The molecule has 286 valence electrons. The van der Waals surface area contributed by atoms with Gasteiger partial charge in [0.15, 0.2) is 0 Å². The third-order valence-electron chi connectivity index (χ3n) is 11.3. The summed E-state index contributed by atoms with van der Waals surface area (Å²) in [7, 11) is 4.15. The van der Waals surface area contributed by atoms with Gasteiger partial charge in [0.2, 0.25) is 6.33 Å². The molecular weight excluding hydrogens is 896 g/mol. The molecule has 0 aliphatic rings. The van der Waals surface area contributed by atoms with Crippen LogP contribution in [-0.2, 0) is 40.6 Å². The van der Waals surface area contributed by atoms with Crippen LogP contribution in [0.3, 0.4) is 0 Å². The van der Waals surface area contributed by atoms with Crippen molar-refractivity contribution in [3.63, 3.8) is 0 Å². The monoisotopic (exact) mass is 933 g/mol. The van der Waals surface area contributed by atoms with Gasteiger partial charge in [-0.15, -0.1) is 29.7 Å². The number of nitrogens with zero attached hydrogens (tertiary/aromatic N) is 6. The van der Waals surface area contributed by atoms with Gasteiger partial charge in [-0.25, -0.2) is 4.98 Å². The number of aryl methyl sites for hydroxylation is 2. The van der Waals surface area contributed by atoms with E-state index < -0.39 is 0 Å². The van der Waals surface area contributed by atoms with E-state index in [2.05, 4.69) is 157 Å². The van der Waals surface area contributed by atoms with Gasteiger partial charge in [0, 0.05) is 91.0 Å². The summed E-state index contributed by atoms with van der Waals surface area (Å²) >= 11 is 0. The first-order chi connectivity index (χ1) is 27.7. The summed E-state index contributed by atoms with van der Waals surface area (Å²) < 4.78 is 17.5. The minimum atomic E-state index is -0.0966. The van der Waals surface area contributed by atoms with Crippen molar-refractivity contribution in [1.29, 1.82) is 0 Å². The second kappa shape index (κ2) is 13.3. The molecule has 0 aliphatic heterocycles. The third kappa shape index (κ3) is 5.37. The van der Waals surface area contributed by atoms with Crippen LogP contribution < -0.4 is 9.30 Å². The van der Waals surface area contributed by atoms with Gasteiger partial charge < -0.3 is 27.6 Å². The van der Waals surface area contributed by atoms with E-state index in [9.17, 15) is 0 Å². The molecule has 7 nitrogen and oxygen atoms in total. The Labute approximate surface area is 350 Å². The summed E-state index contributed by atoms with van der Waals surface area (Å²) in [6.07, 6.45) is 9.10. The van der Waals surface area contributed by atoms with Crippen molar-refractivity contribution in [3.8, 4) is 28.7 Å². The predicted octanol–water partition coefficient (Wildman–Crippen LogP) is 11.0. The molecule has 0 spiro atoms. The molecule has 0 unspecified atom stereocenters. The average molecular weight is 934 g/mol. The van der Waals surface area contributed by atoms with Gasteiger partial charge in [0.25, 0.3) is 0 Å². The minimum absolute atomic E-state index is 0. The number of hydrogen-bond donors (Lipinski definition) is 0. The van der Waals surface area contributed by atoms with E-state index in [1.807, 2.05) is 59.0 Å². The van der Waals surface area contributed by atoms with E-state index in [0.717, 1.165) is 50.0 Å². The Morgan fingerprint density at radius 1 is 0.638 bits per heavy atom. The van der Waals surface area contributed by atoms with Crippen LogP contribution in [0.1, 0.15) is 26.3 Å². The van der Waals surface area contributed by atoms with E-state index >= 15 is 0 Å². The molecule has 58 heavy (non-hydrogen) atoms. The smallest absolute Gasteiger partial charge is 0.241 e. The van der Waals surface area contributed by atoms with Crippen molar-refractivity contribution in [2.24, 2.45) is 14.1 Å². The number of para-hydroxylation sites is 3. The van der Waals surface area contributed by atoms with Crippen LogP contribution in [0.2, 0.25) is 0 Å². The summed E-state index contributed by atoms with van der Waals surface area (Å²) in [6.45, 7) is 6.74. The Morgan fingerprint density at radius 3 is 2.09 bits per heavy atom. The van der Waals surface area contributed by atoms with E-state index in [1.54, 1.807) is 0 Å². The van der Waals surface area contributed by atoms with Crippen molar-refractivity contribution in [2.75, 3.05) is 0 Å². The largest absolute Gasteiger partial charge is 0.510 e. The van der Waals surface area contributed by atoms with Crippen LogP contribution in [0, 0.1) is 18.5 Å². The predicted molar refractivity (Wildman–Crippen MR) is 229 cm³/mol. The molecule has 0 N–H and O–H groups in total. The number of rotatable bonds is 5. The zero-order valence-electron chi connectivity index (χ0n) is 32.7. The van der Waals surface area contributed by atoms with Crippen LogP contribution in [0.25, 0.3) is 82.6 Å². The number of hydrogen-bond acceptors (Lipinski definition) is 2. The van der Waals surface area contributed by atoms with Crippen molar-refractivity contribution >= 4 is 65.4 Å². The van der Waals surface area contributed by atoms with Gasteiger partial charge in [0.05, 0.1) is 29.1 Å². The molecule has 0 amide bonds. The second-order valence-corrected chi connectivity index (χ2v) is 15.9. The van der Waals surface area contributed by atoms with Crippen molar-refractivity contribution < 1.29 is 30.4 Å². The maximum atomic E-state index is 6.62. The van der Waals surface area contributed by atoms with Crippen LogP contribution >= 0.6 is 0 Å². The molecule has 5 heterocycles. The molecule has 11 rings (SSSR count). The first-order valence-corrected chi connectivity index (χ1v) is 19.3. The van der Waals surface area contributed by atoms with E-state index in [4.69, 9.17) is 9.72 Å². The third-order valence-corrected chi connectivity index (χ3v) is 11.3. The van der Waals surface area contributed by atoms with Crippen LogP contribution in [-0.4, -0.2) is 23.3 Å². The number of fused-ring (bicyclic) bond motifs is 12. The topological polar surface area (TPSA) is 45.7 Å². The van der Waals surface area contributed by atoms with Crippen molar-refractivity contribution in [3.05, 3.63) is 164 Å². The van der Waals surface area contributed by atoms with E-state index in [-0.39, 0.29) is 26.5 Å². The standard InChI is InChI=1S/C50H38N6O.Pt/c1-50(2,3)32-24-25-51-43(28-32)56-42-30-36(57-35-17-13-16-34(29-35)54-27-26-52(4)31-54)22-23-39(42)45-44-37-18-9-11-20-40(37)53(5)47(44)46-38-19-10-12-21-41(38)55(49(46)48(45)56)33-14-7-6-8-15-33;/h6-28H,1-5H3;/q-2;. The number of imidazole rings is 1. The van der Waals surface area contributed by atoms with Crippen molar-refractivity contribution in [2.45, 2.75) is 26.2 Å². The first-order valence-electron chi connectivity index (χ1n) is 19.3. The van der Waals surface area contributed by atoms with Gasteiger partial charge in [-0.3, -0.25) is 0 Å². The number of ether oxygens (including phenoxy) is 1. The maximum Gasteiger partial charge on any atom is 0.241 e. The van der Waals surface area contributed by atoms with Gasteiger partial charge in [0.1, 0.15) is 5.82 Å². The SMILES string of the molecule is Cn1[c-][n+](-c2[c-]c(Oc3[c-]c4c(cc3)c3c5c6ccccc6n(C)c5c5c6ccccc6n(-c6ccccc6)c5c3n4-c3cc(C(C)(C)C)ccn3)ccc2)cc1.[Pt]. The fraction of sp³-hybridized carbons (Fsp3) is 0.120. The summed E-state index contributed by atoms with van der Waals surface area (Å²) in [5.41, 5.74) is 9.61. The number of aromatic nitrogens is 6. The maximum absolute atomic E-state index is 6.62. The minimum Gasteiger partial charge on any atom is -0.510 e. The Bertz CT molecular complexity index is 3400.